The van der Waals surface area contributed by atoms with Crippen molar-refractivity contribution in [1.82, 2.24) is 30.0 Å². The van der Waals surface area contributed by atoms with Crippen LogP contribution in [-0.4, -0.2) is 56.7 Å². The number of nitrogen functional groups attached to an aromatic ring is 1. The first-order valence-corrected chi connectivity index (χ1v) is 13.7. The van der Waals surface area contributed by atoms with Gasteiger partial charge in [0.1, 0.15) is 29.3 Å². The van der Waals surface area contributed by atoms with Crippen molar-refractivity contribution >= 4 is 22.8 Å². The average Bonchev–Trinajstić information content (AvgIpc) is 3.34. The van der Waals surface area contributed by atoms with E-state index < -0.39 is 0 Å². The Balaban J connectivity index is 1.33. The molecule has 1 atom stereocenters. The number of carbonyl (C=O) groups excluding carboxylic acids is 1. The van der Waals surface area contributed by atoms with Gasteiger partial charge in [0.2, 0.25) is 5.91 Å². The Kier molecular flexibility index (Phi) is 8.07. The van der Waals surface area contributed by atoms with Crippen LogP contribution in [0.25, 0.3) is 22.3 Å². The zero-order valence-electron chi connectivity index (χ0n) is 22.9. The van der Waals surface area contributed by atoms with Crippen LogP contribution >= 0.6 is 0 Å². The van der Waals surface area contributed by atoms with Crippen LogP contribution in [0.3, 0.4) is 0 Å². The molecule has 39 heavy (non-hydrogen) atoms. The van der Waals surface area contributed by atoms with Crippen molar-refractivity contribution in [2.45, 2.75) is 63.6 Å². The van der Waals surface area contributed by atoms with Gasteiger partial charge in [0.15, 0.2) is 5.65 Å². The van der Waals surface area contributed by atoms with Gasteiger partial charge in [-0.05, 0) is 82.6 Å². The molecule has 1 fully saturated rings. The van der Waals surface area contributed by atoms with E-state index in [1.807, 2.05) is 78.3 Å². The highest BCUT2D eigenvalue weighted by Gasteiger charge is 2.29. The summed E-state index contributed by atoms with van der Waals surface area (Å²) >= 11 is 0. The number of aromatic nitrogens is 4. The molecule has 0 saturated heterocycles. The average molecular weight is 528 g/mol. The molecule has 1 unspecified atom stereocenters. The number of rotatable bonds is 9. The fraction of sp³-hybridized carbons (Fsp3) is 0.400. The Morgan fingerprint density at radius 2 is 1.74 bits per heavy atom. The highest BCUT2D eigenvalue weighted by Crippen LogP contribution is 2.36. The van der Waals surface area contributed by atoms with Gasteiger partial charge in [0.25, 0.3) is 0 Å². The fourth-order valence-corrected chi connectivity index (χ4v) is 5.42. The molecular weight excluding hydrogens is 490 g/mol. The number of nitrogens with one attached hydrogen (secondary N) is 1. The van der Waals surface area contributed by atoms with E-state index in [1.54, 1.807) is 0 Å². The van der Waals surface area contributed by atoms with Crippen LogP contribution in [0.1, 0.15) is 51.5 Å². The van der Waals surface area contributed by atoms with Gasteiger partial charge in [-0.3, -0.25) is 9.69 Å². The molecule has 0 spiro atoms. The van der Waals surface area contributed by atoms with Gasteiger partial charge in [-0.25, -0.2) is 14.6 Å². The molecule has 9 heteroatoms. The maximum absolute atomic E-state index is 12.9. The van der Waals surface area contributed by atoms with Crippen LogP contribution in [-0.2, 0) is 4.79 Å². The van der Waals surface area contributed by atoms with E-state index in [-0.39, 0.29) is 24.0 Å². The minimum absolute atomic E-state index is 0.0884. The van der Waals surface area contributed by atoms with Gasteiger partial charge >= 0.3 is 0 Å². The van der Waals surface area contributed by atoms with E-state index in [0.717, 1.165) is 72.3 Å². The predicted molar refractivity (Wildman–Crippen MR) is 154 cm³/mol. The van der Waals surface area contributed by atoms with Crippen molar-refractivity contribution in [2.75, 3.05) is 19.8 Å². The first kappa shape index (κ1) is 26.6. The van der Waals surface area contributed by atoms with E-state index in [2.05, 4.69) is 22.2 Å². The minimum Gasteiger partial charge on any atom is -0.457 e. The van der Waals surface area contributed by atoms with E-state index in [1.165, 1.54) is 6.33 Å². The molecule has 0 radical (unpaired) electrons. The molecule has 0 bridgehead atoms. The van der Waals surface area contributed by atoms with Crippen molar-refractivity contribution in [3.05, 3.63) is 60.9 Å². The van der Waals surface area contributed by atoms with Crippen molar-refractivity contribution in [3.63, 3.8) is 0 Å². The number of likely N-dealkylation sites (N-methyl/N-ethyl adjacent to an activating group) is 1. The highest BCUT2D eigenvalue weighted by molar-refractivity contribution is 5.98. The summed E-state index contributed by atoms with van der Waals surface area (Å²) in [5, 5.41) is 9.07. The normalized spacial score (nSPS) is 18.3. The van der Waals surface area contributed by atoms with Gasteiger partial charge in [0.05, 0.1) is 17.5 Å². The van der Waals surface area contributed by atoms with Crippen LogP contribution in [0.2, 0.25) is 0 Å². The number of ether oxygens (including phenoxy) is 1. The first-order chi connectivity index (χ1) is 18.9. The molecule has 1 aliphatic carbocycles. The van der Waals surface area contributed by atoms with Crippen LogP contribution in [0.4, 0.5) is 5.82 Å². The van der Waals surface area contributed by atoms with E-state index in [0.29, 0.717) is 5.82 Å². The number of fused-ring (bicyclic) bond motifs is 1. The summed E-state index contributed by atoms with van der Waals surface area (Å²) in [7, 11) is 3.93. The second-order valence-corrected chi connectivity index (χ2v) is 10.5. The maximum Gasteiger partial charge on any atom is 0.237 e. The molecule has 3 N–H and O–H groups in total. The molecule has 4 aromatic rings. The van der Waals surface area contributed by atoms with Gasteiger partial charge in [-0.2, -0.15) is 5.10 Å². The summed E-state index contributed by atoms with van der Waals surface area (Å²) in [5.74, 6) is 2.07. The molecule has 5 rings (SSSR count). The van der Waals surface area contributed by atoms with Gasteiger partial charge in [-0.15, -0.1) is 0 Å². The molecular formula is C30H37N7O2. The smallest absolute Gasteiger partial charge is 0.237 e. The predicted octanol–water partition coefficient (Wildman–Crippen LogP) is 5.20. The summed E-state index contributed by atoms with van der Waals surface area (Å²) in [5.41, 5.74) is 8.77. The van der Waals surface area contributed by atoms with E-state index in [4.69, 9.17) is 15.6 Å². The zero-order chi connectivity index (χ0) is 27.4. The molecule has 1 saturated carbocycles. The van der Waals surface area contributed by atoms with Crippen molar-refractivity contribution in [2.24, 2.45) is 0 Å². The summed E-state index contributed by atoms with van der Waals surface area (Å²) in [6.45, 7) is 2.11. The number of para-hydroxylation sites is 1. The summed E-state index contributed by atoms with van der Waals surface area (Å²) in [6.07, 6.45) is 6.92. The fourth-order valence-electron chi connectivity index (χ4n) is 5.42. The third kappa shape index (κ3) is 5.88. The number of benzene rings is 2. The summed E-state index contributed by atoms with van der Waals surface area (Å²) in [4.78, 5) is 23.7. The summed E-state index contributed by atoms with van der Waals surface area (Å²) in [6, 6.07) is 17.8. The third-order valence-corrected chi connectivity index (χ3v) is 7.50. The molecule has 2 aromatic heterocycles. The van der Waals surface area contributed by atoms with Crippen molar-refractivity contribution in [1.29, 1.82) is 0 Å². The molecule has 0 aliphatic heterocycles. The number of carbonyl (C=O) groups is 1. The number of nitrogens with two attached hydrogens (primary N) is 1. The highest BCUT2D eigenvalue weighted by atomic mass is 16.5. The maximum atomic E-state index is 12.9. The molecule has 1 amide bonds. The van der Waals surface area contributed by atoms with Gasteiger partial charge in [0, 0.05) is 11.6 Å². The van der Waals surface area contributed by atoms with E-state index >= 15 is 0 Å². The van der Waals surface area contributed by atoms with Crippen LogP contribution < -0.4 is 15.8 Å². The second-order valence-electron chi connectivity index (χ2n) is 10.5. The standard InChI is InChI=1S/C30H37N7O2/c1-4-8-25(36(2)3)30(38)34-21-13-15-22(16-14-21)37-29-26(28(31)32-19-33-29)27(35-37)20-11-17-24(18-12-20)39-23-9-6-5-7-10-23/h5-7,9-12,17-19,21-22,25H,4,8,13-16H2,1-3H3,(H,34,38)(H2,31,32,33). The molecule has 1 aliphatic rings. The quantitative estimate of drug-likeness (QED) is 0.308. The number of hydrogen-bond donors (Lipinski definition) is 2. The number of anilines is 1. The lowest BCUT2D eigenvalue weighted by molar-refractivity contribution is -0.126. The second kappa shape index (κ2) is 11.8. The Morgan fingerprint density at radius 1 is 1.05 bits per heavy atom. The van der Waals surface area contributed by atoms with Crippen molar-refractivity contribution < 1.29 is 9.53 Å². The number of nitrogens with zero attached hydrogens (tertiary/aromatic N) is 5. The van der Waals surface area contributed by atoms with Crippen molar-refractivity contribution in [3.8, 4) is 22.8 Å². The molecule has 2 aromatic carbocycles. The SMILES string of the molecule is CCCC(C(=O)NC1CCC(n2nc(-c3ccc(Oc4ccccc4)cc3)c3c(N)ncnc32)CC1)N(C)C. The largest absolute Gasteiger partial charge is 0.457 e. The Hall–Kier alpha value is -3.98. The van der Waals surface area contributed by atoms with E-state index in [9.17, 15) is 4.79 Å². The van der Waals surface area contributed by atoms with Crippen LogP contribution in [0, 0.1) is 0 Å². The van der Waals surface area contributed by atoms with Gasteiger partial charge in [-0.1, -0.05) is 31.5 Å². The Bertz CT molecular complexity index is 1390. The number of amides is 1. The molecule has 9 nitrogen and oxygen atoms in total. The molecule has 204 valence electrons. The lowest BCUT2D eigenvalue weighted by atomic mass is 9.91. The summed E-state index contributed by atoms with van der Waals surface area (Å²) < 4.78 is 7.96. The Labute approximate surface area is 229 Å². The molecule has 2 heterocycles. The topological polar surface area (TPSA) is 111 Å². The van der Waals surface area contributed by atoms with Gasteiger partial charge < -0.3 is 15.8 Å². The minimum atomic E-state index is -0.0884. The zero-order valence-corrected chi connectivity index (χ0v) is 22.9. The lowest BCUT2D eigenvalue weighted by Gasteiger charge is -2.31. The first-order valence-electron chi connectivity index (χ1n) is 13.7. The van der Waals surface area contributed by atoms with Crippen LogP contribution in [0.5, 0.6) is 11.5 Å². The number of hydrogen-bond acceptors (Lipinski definition) is 7. The van der Waals surface area contributed by atoms with Crippen LogP contribution in [0.15, 0.2) is 60.9 Å². The lowest BCUT2D eigenvalue weighted by Crippen LogP contribution is -2.48. The monoisotopic (exact) mass is 527 g/mol. The third-order valence-electron chi connectivity index (χ3n) is 7.50. The Morgan fingerprint density at radius 3 is 2.41 bits per heavy atom.